The van der Waals surface area contributed by atoms with E-state index >= 15 is 0 Å². The van der Waals surface area contributed by atoms with Gasteiger partial charge in [0.1, 0.15) is 16.4 Å². The topological polar surface area (TPSA) is 84.3 Å². The Kier molecular flexibility index (Phi) is 6.57. The molecule has 3 heterocycles. The number of rotatable bonds is 7. The Labute approximate surface area is 170 Å². The summed E-state index contributed by atoms with van der Waals surface area (Å²) in [5.41, 5.74) is 1.53. The number of sulfonamides is 1. The minimum atomic E-state index is -3.65. The Morgan fingerprint density at radius 3 is 2.64 bits per heavy atom. The van der Waals surface area contributed by atoms with E-state index in [1.165, 1.54) is 11.3 Å². The third-order valence-corrected chi connectivity index (χ3v) is 7.54. The van der Waals surface area contributed by atoms with E-state index in [2.05, 4.69) is 9.71 Å². The van der Waals surface area contributed by atoms with E-state index < -0.39 is 10.0 Å². The van der Waals surface area contributed by atoms with Gasteiger partial charge in [-0.3, -0.25) is 4.79 Å². The molecule has 3 rings (SSSR count). The highest BCUT2D eigenvalue weighted by molar-refractivity contribution is 7.89. The third kappa shape index (κ3) is 4.82. The van der Waals surface area contributed by atoms with Gasteiger partial charge in [-0.05, 0) is 45.6 Å². The van der Waals surface area contributed by atoms with E-state index in [1.54, 1.807) is 16.8 Å². The van der Waals surface area contributed by atoms with Gasteiger partial charge in [-0.15, -0.1) is 11.3 Å². The van der Waals surface area contributed by atoms with E-state index in [-0.39, 0.29) is 23.4 Å². The SMILES string of the molecule is CC[C@H](C)NS(=O)(=O)c1cc(-c2nc(C)cs2)n(CC(=O)N2CCCCC2)c1. The predicted molar refractivity (Wildman–Crippen MR) is 111 cm³/mol. The molecule has 2 aromatic heterocycles. The molecule has 1 aliphatic rings. The van der Waals surface area contributed by atoms with Gasteiger partial charge in [-0.25, -0.2) is 18.1 Å². The third-order valence-electron chi connectivity index (χ3n) is 5.00. The highest BCUT2D eigenvalue weighted by atomic mass is 32.2. The van der Waals surface area contributed by atoms with Crippen LogP contribution in [0.25, 0.3) is 10.7 Å². The molecule has 1 amide bonds. The van der Waals surface area contributed by atoms with Crippen molar-refractivity contribution in [1.82, 2.24) is 19.2 Å². The molecule has 0 aromatic carbocycles. The zero-order valence-corrected chi connectivity index (χ0v) is 18.3. The molecular formula is C19H28N4O3S2. The first-order valence-electron chi connectivity index (χ1n) is 9.73. The smallest absolute Gasteiger partial charge is 0.242 e. The number of piperidine rings is 1. The minimum absolute atomic E-state index is 0.0173. The summed E-state index contributed by atoms with van der Waals surface area (Å²) in [6.07, 6.45) is 5.45. The number of aryl methyl sites for hydroxylation is 1. The van der Waals surface area contributed by atoms with Gasteiger partial charge >= 0.3 is 0 Å². The number of amides is 1. The van der Waals surface area contributed by atoms with Gasteiger partial charge in [0, 0.05) is 36.4 Å². The van der Waals surface area contributed by atoms with Crippen LogP contribution in [0.3, 0.4) is 0 Å². The lowest BCUT2D eigenvalue weighted by molar-refractivity contribution is -0.132. The van der Waals surface area contributed by atoms with Crippen LogP contribution in [-0.2, 0) is 21.4 Å². The summed E-state index contributed by atoms with van der Waals surface area (Å²) in [6.45, 7) is 7.32. The highest BCUT2D eigenvalue weighted by Crippen LogP contribution is 2.28. The number of nitrogens with zero attached hydrogens (tertiary/aromatic N) is 3. The van der Waals surface area contributed by atoms with E-state index in [0.29, 0.717) is 17.1 Å². The Morgan fingerprint density at radius 2 is 2.04 bits per heavy atom. The fraction of sp³-hybridized carbons (Fsp3) is 0.579. The molecule has 0 saturated carbocycles. The molecule has 1 N–H and O–H groups in total. The molecule has 9 heteroatoms. The summed E-state index contributed by atoms with van der Waals surface area (Å²) in [7, 11) is -3.65. The van der Waals surface area contributed by atoms with Crippen LogP contribution < -0.4 is 4.72 Å². The summed E-state index contributed by atoms with van der Waals surface area (Å²) in [6, 6.07) is 1.46. The molecule has 1 atom stereocenters. The Morgan fingerprint density at radius 1 is 1.32 bits per heavy atom. The number of thiazole rings is 1. The van der Waals surface area contributed by atoms with Crippen LogP contribution >= 0.6 is 11.3 Å². The van der Waals surface area contributed by atoms with Crippen LogP contribution in [0.1, 0.15) is 45.2 Å². The maximum absolute atomic E-state index is 12.8. The molecule has 0 spiro atoms. The molecular weight excluding hydrogens is 396 g/mol. The zero-order chi connectivity index (χ0) is 20.3. The van der Waals surface area contributed by atoms with Crippen molar-refractivity contribution in [3.63, 3.8) is 0 Å². The molecule has 1 aliphatic heterocycles. The molecule has 2 aromatic rings. The average Bonchev–Trinajstić information content (AvgIpc) is 3.28. The van der Waals surface area contributed by atoms with Crippen molar-refractivity contribution in [3.8, 4) is 10.7 Å². The molecule has 0 aliphatic carbocycles. The molecule has 0 bridgehead atoms. The number of nitrogens with one attached hydrogen (secondary N) is 1. The first kappa shape index (κ1) is 21.0. The van der Waals surface area contributed by atoms with Gasteiger partial charge in [0.2, 0.25) is 15.9 Å². The fourth-order valence-electron chi connectivity index (χ4n) is 3.22. The Bertz CT molecular complexity index is 927. The lowest BCUT2D eigenvalue weighted by Crippen LogP contribution is -2.37. The van der Waals surface area contributed by atoms with Crippen molar-refractivity contribution in [2.75, 3.05) is 13.1 Å². The maximum Gasteiger partial charge on any atom is 0.242 e. The van der Waals surface area contributed by atoms with Crippen molar-refractivity contribution < 1.29 is 13.2 Å². The molecule has 7 nitrogen and oxygen atoms in total. The summed E-state index contributed by atoms with van der Waals surface area (Å²) in [5.74, 6) is 0.0173. The predicted octanol–water partition coefficient (Wildman–Crippen LogP) is 3.01. The first-order chi connectivity index (χ1) is 13.3. The van der Waals surface area contributed by atoms with Gasteiger partial charge < -0.3 is 9.47 Å². The first-order valence-corrected chi connectivity index (χ1v) is 12.1. The van der Waals surface area contributed by atoms with Crippen LogP contribution in [0.2, 0.25) is 0 Å². The lowest BCUT2D eigenvalue weighted by atomic mass is 10.1. The molecule has 0 radical (unpaired) electrons. The second-order valence-electron chi connectivity index (χ2n) is 7.36. The number of likely N-dealkylation sites (tertiary alicyclic amines) is 1. The molecule has 0 unspecified atom stereocenters. The van der Waals surface area contributed by atoms with Crippen LogP contribution in [0, 0.1) is 6.92 Å². The standard InChI is InChI=1S/C19H28N4O3S2/c1-4-14(2)21-28(25,26)16-10-17(19-20-15(3)13-27-19)23(11-16)12-18(24)22-8-6-5-7-9-22/h10-11,13-14,21H,4-9,12H2,1-3H3/t14-/m0/s1. The fourth-order valence-corrected chi connectivity index (χ4v) is 5.41. The largest absolute Gasteiger partial charge is 0.341 e. The van der Waals surface area contributed by atoms with Crippen LogP contribution in [0.4, 0.5) is 0 Å². The van der Waals surface area contributed by atoms with E-state index in [4.69, 9.17) is 0 Å². The molecule has 154 valence electrons. The van der Waals surface area contributed by atoms with Crippen molar-refractivity contribution in [2.45, 2.75) is 63.9 Å². The van der Waals surface area contributed by atoms with Gasteiger partial charge in [-0.1, -0.05) is 6.92 Å². The van der Waals surface area contributed by atoms with Gasteiger partial charge in [0.05, 0.1) is 5.69 Å². The second kappa shape index (κ2) is 8.75. The van der Waals surface area contributed by atoms with E-state index in [1.807, 2.05) is 31.1 Å². The zero-order valence-electron chi connectivity index (χ0n) is 16.6. The van der Waals surface area contributed by atoms with Crippen molar-refractivity contribution in [3.05, 3.63) is 23.3 Å². The lowest BCUT2D eigenvalue weighted by Gasteiger charge is -2.27. The summed E-state index contributed by atoms with van der Waals surface area (Å²) in [4.78, 5) is 19.3. The average molecular weight is 425 g/mol. The number of carbonyl (C=O) groups is 1. The quantitative estimate of drug-likeness (QED) is 0.740. The Hall–Kier alpha value is -1.71. The highest BCUT2D eigenvalue weighted by Gasteiger charge is 2.24. The van der Waals surface area contributed by atoms with Gasteiger partial charge in [0.25, 0.3) is 0 Å². The van der Waals surface area contributed by atoms with Crippen LogP contribution in [0.15, 0.2) is 22.5 Å². The van der Waals surface area contributed by atoms with E-state index in [0.717, 1.165) is 38.0 Å². The molecule has 1 fully saturated rings. The molecule has 28 heavy (non-hydrogen) atoms. The molecule has 1 saturated heterocycles. The number of hydrogen-bond acceptors (Lipinski definition) is 5. The summed E-state index contributed by atoms with van der Waals surface area (Å²) < 4.78 is 29.9. The van der Waals surface area contributed by atoms with Gasteiger partial charge in [-0.2, -0.15) is 0 Å². The van der Waals surface area contributed by atoms with Crippen LogP contribution in [0.5, 0.6) is 0 Å². The Balaban J connectivity index is 1.92. The van der Waals surface area contributed by atoms with Crippen molar-refractivity contribution >= 4 is 27.3 Å². The minimum Gasteiger partial charge on any atom is -0.341 e. The number of aromatic nitrogens is 2. The second-order valence-corrected chi connectivity index (χ2v) is 9.93. The van der Waals surface area contributed by atoms with Crippen molar-refractivity contribution in [1.29, 1.82) is 0 Å². The summed E-state index contributed by atoms with van der Waals surface area (Å²) >= 11 is 1.45. The van der Waals surface area contributed by atoms with E-state index in [9.17, 15) is 13.2 Å². The van der Waals surface area contributed by atoms with Crippen molar-refractivity contribution in [2.24, 2.45) is 0 Å². The van der Waals surface area contributed by atoms with Crippen LogP contribution in [-0.4, -0.2) is 47.9 Å². The number of carbonyl (C=O) groups excluding carboxylic acids is 1. The number of hydrogen-bond donors (Lipinski definition) is 1. The van der Waals surface area contributed by atoms with Gasteiger partial charge in [0.15, 0.2) is 0 Å². The normalized spacial score (nSPS) is 16.3. The monoisotopic (exact) mass is 424 g/mol. The maximum atomic E-state index is 12.8. The summed E-state index contributed by atoms with van der Waals surface area (Å²) in [5, 5.41) is 2.64.